The molecule has 0 bridgehead atoms. The minimum Gasteiger partial charge on any atom is -0.465 e. The summed E-state index contributed by atoms with van der Waals surface area (Å²) in [5, 5.41) is 28.5. The highest BCUT2D eigenvalue weighted by atomic mass is 16.5. The lowest BCUT2D eigenvalue weighted by Gasteiger charge is -2.24. The molecule has 1 aromatic rings. The van der Waals surface area contributed by atoms with Crippen molar-refractivity contribution in [3.05, 3.63) is 65.5 Å². The minimum absolute atomic E-state index is 0.0224. The average molecular weight is 375 g/mol. The molecule has 0 saturated carbocycles. The molecule has 8 nitrogen and oxygen atoms in total. The minimum atomic E-state index is -1.31. The lowest BCUT2D eigenvalue weighted by molar-refractivity contribution is -0.139. The van der Waals surface area contributed by atoms with Gasteiger partial charge in [-0.25, -0.2) is 9.59 Å². The molecule has 0 amide bonds. The number of anilines is 1. The maximum atomic E-state index is 12.3. The predicted molar refractivity (Wildman–Crippen MR) is 96.3 cm³/mol. The fraction of sp³-hybridized carbons (Fsp3) is 0.263. The molecule has 8 heteroatoms. The van der Waals surface area contributed by atoms with Crippen molar-refractivity contribution in [2.75, 3.05) is 25.7 Å². The van der Waals surface area contributed by atoms with Crippen LogP contribution in [0.3, 0.4) is 0 Å². The van der Waals surface area contributed by atoms with E-state index in [1.807, 2.05) is 0 Å². The maximum Gasteiger partial charge on any atom is 0.355 e. The second-order valence-electron chi connectivity index (χ2n) is 5.60. The molecule has 27 heavy (non-hydrogen) atoms. The Morgan fingerprint density at radius 1 is 1.04 bits per heavy atom. The van der Waals surface area contributed by atoms with Crippen molar-refractivity contribution < 1.29 is 34.4 Å². The van der Waals surface area contributed by atoms with Gasteiger partial charge in [-0.1, -0.05) is 18.2 Å². The third-order valence-corrected chi connectivity index (χ3v) is 3.95. The quantitative estimate of drug-likeness (QED) is 0.618. The molecule has 144 valence electrons. The van der Waals surface area contributed by atoms with Crippen molar-refractivity contribution in [3.63, 3.8) is 0 Å². The van der Waals surface area contributed by atoms with Crippen LogP contribution >= 0.6 is 0 Å². The molecule has 0 aromatic heterocycles. The second-order valence-corrected chi connectivity index (χ2v) is 5.60. The van der Waals surface area contributed by atoms with E-state index in [0.717, 1.165) is 0 Å². The van der Waals surface area contributed by atoms with Crippen LogP contribution in [0.5, 0.6) is 0 Å². The summed E-state index contributed by atoms with van der Waals surface area (Å²) >= 11 is 0. The Kier molecular flexibility index (Phi) is 6.89. The number of rotatable bonds is 6. The van der Waals surface area contributed by atoms with E-state index in [2.05, 4.69) is 0 Å². The van der Waals surface area contributed by atoms with Crippen LogP contribution in [0.2, 0.25) is 0 Å². The number of carbonyl (C=O) groups is 2. The summed E-state index contributed by atoms with van der Waals surface area (Å²) in [6.07, 6.45) is 3.68. The van der Waals surface area contributed by atoms with Crippen molar-refractivity contribution in [2.24, 2.45) is 0 Å². The van der Waals surface area contributed by atoms with Crippen molar-refractivity contribution in [2.45, 2.75) is 12.2 Å². The first-order chi connectivity index (χ1) is 12.9. The predicted octanol–water partition coefficient (Wildman–Crippen LogP) is 0.563. The van der Waals surface area contributed by atoms with Gasteiger partial charge in [-0.3, -0.25) is 0 Å². The smallest absolute Gasteiger partial charge is 0.355 e. The van der Waals surface area contributed by atoms with Crippen molar-refractivity contribution in [1.29, 1.82) is 0 Å². The maximum absolute atomic E-state index is 12.3. The first kappa shape index (κ1) is 20.4. The Bertz CT molecular complexity index is 780. The number of carbonyl (C=O) groups excluding carboxylic acids is 2. The van der Waals surface area contributed by atoms with Gasteiger partial charge in [-0.15, -0.1) is 0 Å². The van der Waals surface area contributed by atoms with E-state index >= 15 is 0 Å². The van der Waals surface area contributed by atoms with Gasteiger partial charge in [0.15, 0.2) is 0 Å². The molecule has 0 fully saturated rings. The third-order valence-electron chi connectivity index (χ3n) is 3.95. The Morgan fingerprint density at radius 3 is 2.22 bits per heavy atom. The molecule has 0 spiro atoms. The summed E-state index contributed by atoms with van der Waals surface area (Å²) in [4.78, 5) is 25.9. The molecule has 1 aliphatic rings. The van der Waals surface area contributed by atoms with Gasteiger partial charge in [0, 0.05) is 11.9 Å². The summed E-state index contributed by atoms with van der Waals surface area (Å²) in [6, 6.07) is 6.27. The Hall–Kier alpha value is -2.94. The van der Waals surface area contributed by atoms with Gasteiger partial charge in [-0.2, -0.15) is 0 Å². The number of ether oxygens (including phenoxy) is 2. The van der Waals surface area contributed by atoms with E-state index in [9.17, 15) is 19.8 Å². The number of hydrogen-bond acceptors (Lipinski definition) is 8. The fourth-order valence-corrected chi connectivity index (χ4v) is 2.52. The first-order valence-corrected chi connectivity index (χ1v) is 8.06. The van der Waals surface area contributed by atoms with Gasteiger partial charge in [0.2, 0.25) is 0 Å². The zero-order valence-electron chi connectivity index (χ0n) is 14.9. The highest BCUT2D eigenvalue weighted by molar-refractivity contribution is 6.05. The van der Waals surface area contributed by atoms with Crippen LogP contribution < -0.4 is 4.90 Å². The number of nitrogens with zero attached hydrogens (tertiary/aromatic N) is 1. The molecule has 2 atom stereocenters. The van der Waals surface area contributed by atoms with Gasteiger partial charge in [0.05, 0.1) is 26.4 Å². The summed E-state index contributed by atoms with van der Waals surface area (Å²) in [6.45, 7) is -0.582. The summed E-state index contributed by atoms with van der Waals surface area (Å²) in [7, 11) is 2.42. The topological polar surface area (TPSA) is 117 Å². The third kappa shape index (κ3) is 4.43. The molecule has 1 heterocycles. The highest BCUT2D eigenvalue weighted by Gasteiger charge is 2.27. The Labute approximate surface area is 156 Å². The van der Waals surface area contributed by atoms with Crippen LogP contribution in [0.4, 0.5) is 5.69 Å². The lowest BCUT2D eigenvalue weighted by atomic mass is 10.0. The molecule has 2 unspecified atom stereocenters. The number of esters is 2. The van der Waals surface area contributed by atoms with Gasteiger partial charge in [0.1, 0.15) is 17.9 Å². The highest BCUT2D eigenvalue weighted by Crippen LogP contribution is 2.28. The Morgan fingerprint density at radius 2 is 1.67 bits per heavy atom. The molecular formula is C19H21NO7. The number of methoxy groups -OCH3 is 2. The molecule has 3 N–H and O–H groups in total. The SMILES string of the molecule is COC(=O)C1=C(C(=O)OC)N(c2ccc(C(O)C(O)CO)cc2)C=CC=C1. The number of aliphatic hydroxyl groups is 3. The lowest BCUT2D eigenvalue weighted by Crippen LogP contribution is -2.27. The number of benzene rings is 1. The van der Waals surface area contributed by atoms with Crippen LogP contribution in [0.1, 0.15) is 11.7 Å². The van der Waals surface area contributed by atoms with Crippen LogP contribution in [-0.2, 0) is 19.1 Å². The van der Waals surface area contributed by atoms with E-state index in [1.165, 1.54) is 37.3 Å². The largest absolute Gasteiger partial charge is 0.465 e. The number of hydrogen-bond donors (Lipinski definition) is 3. The number of aliphatic hydroxyl groups excluding tert-OH is 3. The molecule has 1 aromatic carbocycles. The van der Waals surface area contributed by atoms with Crippen LogP contribution in [0.15, 0.2) is 60.0 Å². The van der Waals surface area contributed by atoms with E-state index in [1.54, 1.807) is 30.5 Å². The van der Waals surface area contributed by atoms with Crippen molar-refractivity contribution in [3.8, 4) is 0 Å². The molecule has 2 rings (SSSR count). The fourth-order valence-electron chi connectivity index (χ4n) is 2.52. The monoisotopic (exact) mass is 375 g/mol. The Balaban J connectivity index is 2.48. The van der Waals surface area contributed by atoms with E-state index in [0.29, 0.717) is 11.3 Å². The second kappa shape index (κ2) is 9.13. The summed E-state index contributed by atoms with van der Waals surface area (Å²) in [5.41, 5.74) is 0.882. The molecule has 0 radical (unpaired) electrons. The summed E-state index contributed by atoms with van der Waals surface area (Å²) in [5.74, 6) is -1.43. The van der Waals surface area contributed by atoms with Gasteiger partial charge in [0.25, 0.3) is 0 Å². The molecular weight excluding hydrogens is 354 g/mol. The van der Waals surface area contributed by atoms with Crippen LogP contribution in [-0.4, -0.2) is 54.2 Å². The van der Waals surface area contributed by atoms with Gasteiger partial charge in [-0.05, 0) is 29.8 Å². The van der Waals surface area contributed by atoms with E-state index in [-0.39, 0.29) is 11.3 Å². The van der Waals surface area contributed by atoms with Crippen molar-refractivity contribution >= 4 is 17.6 Å². The van der Waals surface area contributed by atoms with Crippen LogP contribution in [0.25, 0.3) is 0 Å². The van der Waals surface area contributed by atoms with Gasteiger partial charge >= 0.3 is 11.9 Å². The standard InChI is InChI=1S/C19H21NO7/c1-26-18(24)14-5-3-4-10-20(16(14)19(25)27-2)13-8-6-12(7-9-13)17(23)15(22)11-21/h3-10,15,17,21-23H,11H2,1-2H3. The van der Waals surface area contributed by atoms with E-state index in [4.69, 9.17) is 14.6 Å². The summed E-state index contributed by atoms with van der Waals surface area (Å²) < 4.78 is 9.56. The zero-order chi connectivity index (χ0) is 20.0. The number of allylic oxidation sites excluding steroid dienone is 2. The first-order valence-electron chi connectivity index (χ1n) is 8.06. The normalized spacial score (nSPS) is 16.0. The zero-order valence-corrected chi connectivity index (χ0v) is 14.9. The molecule has 0 saturated heterocycles. The van der Waals surface area contributed by atoms with Crippen molar-refractivity contribution in [1.82, 2.24) is 0 Å². The molecule has 1 aliphatic heterocycles. The van der Waals surface area contributed by atoms with Crippen LogP contribution in [0, 0.1) is 0 Å². The molecule has 0 aliphatic carbocycles. The van der Waals surface area contributed by atoms with E-state index < -0.39 is 30.8 Å². The van der Waals surface area contributed by atoms with Gasteiger partial charge < -0.3 is 29.7 Å². The average Bonchev–Trinajstić information content (AvgIpc) is 2.94.